The molecule has 1 rings (SSSR count). The van der Waals surface area contributed by atoms with Crippen LogP contribution in [-0.4, -0.2) is 45.9 Å². The predicted octanol–water partition coefficient (Wildman–Crippen LogP) is -0.601. The highest BCUT2D eigenvalue weighted by Gasteiger charge is 2.39. The van der Waals surface area contributed by atoms with Crippen molar-refractivity contribution in [2.24, 2.45) is 0 Å². The van der Waals surface area contributed by atoms with Crippen molar-refractivity contribution < 1.29 is 19.6 Å². The van der Waals surface area contributed by atoms with Crippen molar-refractivity contribution in [1.82, 2.24) is 10.2 Å². The molecular weight excluding hydrogens is 230 g/mol. The van der Waals surface area contributed by atoms with Crippen LogP contribution < -0.4 is 5.32 Å². The number of carboxylic acids is 1. The van der Waals surface area contributed by atoms with Gasteiger partial charge >= 0.3 is 5.97 Å². The molecule has 8 nitrogen and oxygen atoms in total. The quantitative estimate of drug-likeness (QED) is 0.492. The lowest BCUT2D eigenvalue weighted by Gasteiger charge is -2.19. The van der Waals surface area contributed by atoms with E-state index in [1.165, 1.54) is 4.90 Å². The summed E-state index contributed by atoms with van der Waals surface area (Å²) in [4.78, 5) is 33.6. The van der Waals surface area contributed by atoms with Crippen LogP contribution in [0.15, 0.2) is 11.4 Å². The van der Waals surface area contributed by atoms with Crippen LogP contribution in [0.5, 0.6) is 0 Å². The molecule has 2 N–H and O–H groups in total. The van der Waals surface area contributed by atoms with Crippen LogP contribution in [0.25, 0.3) is 0 Å². The topological polar surface area (TPSA) is 113 Å². The van der Waals surface area contributed by atoms with E-state index in [0.29, 0.717) is 0 Å². The largest absolute Gasteiger partial charge is 0.480 e. The predicted molar refractivity (Wildman–Crippen MR) is 56.5 cm³/mol. The molecule has 0 aromatic carbocycles. The third-order valence-electron chi connectivity index (χ3n) is 2.34. The molecule has 1 amide bonds. The Kier molecular flexibility index (Phi) is 3.66. The molecule has 0 saturated carbocycles. The van der Waals surface area contributed by atoms with E-state index >= 15 is 0 Å². The van der Waals surface area contributed by atoms with Gasteiger partial charge in [0, 0.05) is 6.04 Å². The Morgan fingerprint density at radius 3 is 2.65 bits per heavy atom. The average Bonchev–Trinajstić information content (AvgIpc) is 2.52. The molecule has 0 aliphatic carbocycles. The smallest absolute Gasteiger partial charge is 0.322 e. The first-order chi connectivity index (χ1) is 7.84. The number of nitrogens with zero attached hydrogens (tertiary/aromatic N) is 2. The Hall–Kier alpha value is -2.12. The van der Waals surface area contributed by atoms with E-state index in [4.69, 9.17) is 5.11 Å². The molecule has 0 atom stereocenters. The summed E-state index contributed by atoms with van der Waals surface area (Å²) in [6.07, 6.45) is 0. The molecule has 94 valence electrons. The van der Waals surface area contributed by atoms with Gasteiger partial charge in [0.2, 0.25) is 0 Å². The fourth-order valence-electron chi connectivity index (χ4n) is 1.49. The molecule has 8 heteroatoms. The van der Waals surface area contributed by atoms with E-state index in [1.807, 2.05) is 0 Å². The fourth-order valence-corrected chi connectivity index (χ4v) is 1.49. The van der Waals surface area contributed by atoms with Crippen molar-refractivity contribution in [2.45, 2.75) is 19.9 Å². The number of hydrogen-bond donors (Lipinski definition) is 2. The van der Waals surface area contributed by atoms with Gasteiger partial charge in [-0.2, -0.15) is 0 Å². The summed E-state index contributed by atoms with van der Waals surface area (Å²) in [6, 6.07) is -0.179. The first-order valence-electron chi connectivity index (χ1n) is 4.98. The number of rotatable bonds is 5. The first-order valence-corrected chi connectivity index (χ1v) is 4.98. The van der Waals surface area contributed by atoms with E-state index in [0.717, 1.165) is 0 Å². The molecule has 0 spiro atoms. The van der Waals surface area contributed by atoms with Crippen molar-refractivity contribution in [3.05, 3.63) is 21.5 Å². The molecule has 1 heterocycles. The van der Waals surface area contributed by atoms with Gasteiger partial charge in [-0.15, -0.1) is 0 Å². The van der Waals surface area contributed by atoms with E-state index < -0.39 is 23.3 Å². The second kappa shape index (κ2) is 4.81. The second-order valence-electron chi connectivity index (χ2n) is 3.85. The summed E-state index contributed by atoms with van der Waals surface area (Å²) in [7, 11) is 0. The van der Waals surface area contributed by atoms with Gasteiger partial charge in [-0.25, -0.2) is 0 Å². The van der Waals surface area contributed by atoms with Crippen molar-refractivity contribution in [1.29, 1.82) is 0 Å². The van der Waals surface area contributed by atoms with E-state index in [1.54, 1.807) is 13.8 Å². The van der Waals surface area contributed by atoms with Crippen LogP contribution >= 0.6 is 0 Å². The molecule has 0 saturated heterocycles. The molecule has 0 aromatic rings. The van der Waals surface area contributed by atoms with Gasteiger partial charge in [-0.3, -0.25) is 19.7 Å². The molecule has 0 unspecified atom stereocenters. The van der Waals surface area contributed by atoms with Crippen molar-refractivity contribution in [3.8, 4) is 0 Å². The van der Waals surface area contributed by atoms with Gasteiger partial charge in [0.1, 0.15) is 13.1 Å². The minimum absolute atomic E-state index is 0.106. The second-order valence-corrected chi connectivity index (χ2v) is 3.85. The molecule has 17 heavy (non-hydrogen) atoms. The molecule has 1 aliphatic heterocycles. The molecule has 1 aliphatic rings. The van der Waals surface area contributed by atoms with E-state index in [-0.39, 0.29) is 24.0 Å². The number of amides is 1. The summed E-state index contributed by atoms with van der Waals surface area (Å²) in [6.45, 7) is 2.83. The highest BCUT2D eigenvalue weighted by molar-refractivity contribution is 5.96. The maximum atomic E-state index is 11.8. The van der Waals surface area contributed by atoms with Crippen molar-refractivity contribution in [2.75, 3.05) is 13.1 Å². The first kappa shape index (κ1) is 12.9. The van der Waals surface area contributed by atoms with Gasteiger partial charge in [-0.05, 0) is 13.8 Å². The zero-order valence-electron chi connectivity index (χ0n) is 9.47. The summed E-state index contributed by atoms with van der Waals surface area (Å²) in [5.41, 5.74) is -0.518. The third-order valence-corrected chi connectivity index (χ3v) is 2.34. The number of hydrogen-bond acceptors (Lipinski definition) is 5. The van der Waals surface area contributed by atoms with E-state index in [9.17, 15) is 19.7 Å². The lowest BCUT2D eigenvalue weighted by atomic mass is 10.3. The van der Waals surface area contributed by atoms with Crippen LogP contribution in [0.3, 0.4) is 0 Å². The van der Waals surface area contributed by atoms with Gasteiger partial charge in [0.05, 0.1) is 4.92 Å². The summed E-state index contributed by atoms with van der Waals surface area (Å²) >= 11 is 0. The third kappa shape index (κ3) is 2.71. The number of nitro groups is 1. The number of nitrogens with one attached hydrogen (secondary N) is 1. The molecule has 0 radical (unpaired) electrons. The normalized spacial score (nSPS) is 15.7. The summed E-state index contributed by atoms with van der Waals surface area (Å²) in [5.74, 6) is -1.72. The molecule has 0 fully saturated rings. The molecule has 0 bridgehead atoms. The Bertz CT molecular complexity index is 401. The molecular formula is C9H13N3O5. The van der Waals surface area contributed by atoms with E-state index in [2.05, 4.69) is 5.32 Å². The van der Waals surface area contributed by atoms with Crippen molar-refractivity contribution in [3.63, 3.8) is 0 Å². The van der Waals surface area contributed by atoms with Crippen LogP contribution in [-0.2, 0) is 9.59 Å². The minimum atomic E-state index is -1.18. The number of aliphatic carboxylic acids is 1. The Morgan fingerprint density at radius 1 is 1.65 bits per heavy atom. The zero-order valence-corrected chi connectivity index (χ0v) is 9.47. The number of carbonyl (C=O) groups is 2. The maximum Gasteiger partial charge on any atom is 0.322 e. The van der Waals surface area contributed by atoms with Crippen LogP contribution in [0, 0.1) is 10.1 Å². The summed E-state index contributed by atoms with van der Waals surface area (Å²) < 4.78 is 0. The van der Waals surface area contributed by atoms with Crippen LogP contribution in [0.1, 0.15) is 13.8 Å². The average molecular weight is 243 g/mol. The highest BCUT2D eigenvalue weighted by Crippen LogP contribution is 2.19. The zero-order chi connectivity index (χ0) is 13.2. The standard InChI is InChI=1S/C9H13N3O5/c1-5(2)11-4-6(12(16)17)8(9(11)15)10-3-7(13)14/h5,10H,3-4H2,1-2H3,(H,13,14). The SMILES string of the molecule is CC(C)N1CC([N+](=O)[O-])=C(NCC(=O)O)C1=O. The van der Waals surface area contributed by atoms with Gasteiger partial charge < -0.3 is 15.3 Å². The monoisotopic (exact) mass is 243 g/mol. The maximum absolute atomic E-state index is 11.8. The van der Waals surface area contributed by atoms with Crippen molar-refractivity contribution >= 4 is 11.9 Å². The number of carbonyl (C=O) groups excluding carboxylic acids is 1. The Morgan fingerprint density at radius 2 is 2.24 bits per heavy atom. The Labute approximate surface area is 97.0 Å². The van der Waals surface area contributed by atoms with Gasteiger partial charge in [0.15, 0.2) is 5.70 Å². The van der Waals surface area contributed by atoms with Crippen LogP contribution in [0.4, 0.5) is 0 Å². The minimum Gasteiger partial charge on any atom is -0.480 e. The highest BCUT2D eigenvalue weighted by atomic mass is 16.6. The van der Waals surface area contributed by atoms with Gasteiger partial charge in [0.25, 0.3) is 11.6 Å². The lowest BCUT2D eigenvalue weighted by molar-refractivity contribution is -0.427. The fraction of sp³-hybridized carbons (Fsp3) is 0.556. The Balaban J connectivity index is 2.93. The number of carboxylic acid groups (broad SMARTS) is 1. The van der Waals surface area contributed by atoms with Crippen LogP contribution in [0.2, 0.25) is 0 Å². The summed E-state index contributed by atoms with van der Waals surface area (Å²) in [5, 5.41) is 21.5. The van der Waals surface area contributed by atoms with Gasteiger partial charge in [-0.1, -0.05) is 0 Å². The lowest BCUT2D eigenvalue weighted by Crippen LogP contribution is -2.36. The molecule has 0 aromatic heterocycles.